The molecule has 8 nitrogen and oxygen atoms in total. The number of aromatic nitrogens is 5. The second-order valence-electron chi connectivity index (χ2n) is 5.81. The molecule has 1 saturated heterocycles. The van der Waals surface area contributed by atoms with Gasteiger partial charge in [0.15, 0.2) is 0 Å². The summed E-state index contributed by atoms with van der Waals surface area (Å²) in [6, 6.07) is 0.322. The number of nitrogens with zero attached hydrogens (tertiary/aromatic N) is 7. The maximum atomic E-state index is 5.83. The van der Waals surface area contributed by atoms with Crippen LogP contribution in [0, 0.1) is 0 Å². The van der Waals surface area contributed by atoms with Crippen molar-refractivity contribution in [3.8, 4) is 0 Å². The highest BCUT2D eigenvalue weighted by molar-refractivity contribution is 7.99. The largest absolute Gasteiger partial charge is 0.368 e. The quantitative estimate of drug-likeness (QED) is 0.867. The molecule has 0 spiro atoms. The molecule has 0 aliphatic carbocycles. The molecule has 124 valence electrons. The van der Waals surface area contributed by atoms with E-state index in [0.717, 1.165) is 18.1 Å². The fourth-order valence-electron chi connectivity index (χ4n) is 2.62. The van der Waals surface area contributed by atoms with E-state index < -0.39 is 0 Å². The van der Waals surface area contributed by atoms with E-state index in [1.807, 2.05) is 48.7 Å². The van der Waals surface area contributed by atoms with Crippen LogP contribution in [-0.2, 0) is 13.6 Å². The van der Waals surface area contributed by atoms with Crippen molar-refractivity contribution in [2.24, 2.45) is 7.05 Å². The summed E-state index contributed by atoms with van der Waals surface area (Å²) in [5.41, 5.74) is 7.06. The number of thioether (sulfide) groups is 1. The standard InChI is InChI=1S/C14H22N8S/c1-20(2)14-18-12(17-13(15)19-14)8-22-4-5-23-9-11(22)10-6-16-21(3)7-10/h6-7,11H,4-5,8-9H2,1-3H3,(H2,15,17,18,19)/t11-/m1/s1. The number of aryl methyl sites for hydroxylation is 1. The van der Waals surface area contributed by atoms with Crippen molar-refractivity contribution < 1.29 is 0 Å². The van der Waals surface area contributed by atoms with Crippen LogP contribution in [0.15, 0.2) is 12.4 Å². The van der Waals surface area contributed by atoms with Gasteiger partial charge < -0.3 is 10.6 Å². The van der Waals surface area contributed by atoms with E-state index in [2.05, 4.69) is 31.1 Å². The van der Waals surface area contributed by atoms with Crippen LogP contribution in [0.25, 0.3) is 0 Å². The Balaban J connectivity index is 1.82. The van der Waals surface area contributed by atoms with Gasteiger partial charge in [-0.3, -0.25) is 9.58 Å². The molecule has 3 heterocycles. The molecule has 0 amide bonds. The van der Waals surface area contributed by atoms with Crippen molar-refractivity contribution in [2.45, 2.75) is 12.6 Å². The van der Waals surface area contributed by atoms with Crippen molar-refractivity contribution in [1.29, 1.82) is 0 Å². The molecule has 2 aromatic rings. The first-order valence-corrected chi connectivity index (χ1v) is 8.66. The van der Waals surface area contributed by atoms with Crippen LogP contribution in [0.1, 0.15) is 17.4 Å². The van der Waals surface area contributed by atoms with E-state index in [9.17, 15) is 0 Å². The maximum Gasteiger partial charge on any atom is 0.229 e. The summed E-state index contributed by atoms with van der Waals surface area (Å²) in [7, 11) is 5.74. The third-order valence-electron chi connectivity index (χ3n) is 3.78. The van der Waals surface area contributed by atoms with E-state index in [4.69, 9.17) is 5.73 Å². The summed E-state index contributed by atoms with van der Waals surface area (Å²) >= 11 is 1.97. The van der Waals surface area contributed by atoms with E-state index in [1.54, 1.807) is 0 Å². The molecule has 23 heavy (non-hydrogen) atoms. The van der Waals surface area contributed by atoms with Gasteiger partial charge in [0.05, 0.1) is 12.7 Å². The summed E-state index contributed by atoms with van der Waals surface area (Å²) in [5.74, 6) is 3.73. The molecule has 0 bridgehead atoms. The molecule has 1 aliphatic heterocycles. The minimum Gasteiger partial charge on any atom is -0.368 e. The molecule has 0 saturated carbocycles. The smallest absolute Gasteiger partial charge is 0.229 e. The topological polar surface area (TPSA) is 89.0 Å². The zero-order chi connectivity index (χ0) is 16.4. The molecule has 2 N–H and O–H groups in total. The van der Waals surface area contributed by atoms with E-state index in [1.165, 1.54) is 5.56 Å². The summed E-state index contributed by atoms with van der Waals surface area (Å²) in [5, 5.41) is 4.30. The first-order chi connectivity index (χ1) is 11.0. The van der Waals surface area contributed by atoms with Crippen LogP contribution < -0.4 is 10.6 Å². The third kappa shape index (κ3) is 3.73. The Kier molecular flexibility index (Phi) is 4.67. The first kappa shape index (κ1) is 16.0. The van der Waals surface area contributed by atoms with Crippen molar-refractivity contribution in [1.82, 2.24) is 29.6 Å². The van der Waals surface area contributed by atoms with Crippen LogP contribution >= 0.6 is 11.8 Å². The zero-order valence-corrected chi connectivity index (χ0v) is 14.5. The van der Waals surface area contributed by atoms with Crippen molar-refractivity contribution in [3.05, 3.63) is 23.8 Å². The Morgan fingerprint density at radius 2 is 2.17 bits per heavy atom. The SMILES string of the molecule is CN(C)c1nc(N)nc(CN2CCSC[C@@H]2c2cnn(C)c2)n1. The van der Waals surface area contributed by atoms with Crippen LogP contribution in [0.4, 0.5) is 11.9 Å². The number of rotatable bonds is 4. The van der Waals surface area contributed by atoms with Gasteiger partial charge in [-0.25, -0.2) is 0 Å². The molecule has 0 radical (unpaired) electrons. The minimum absolute atomic E-state index is 0.267. The molecule has 1 aliphatic rings. The molecule has 1 atom stereocenters. The molecule has 0 unspecified atom stereocenters. The normalized spacial score (nSPS) is 19.0. The maximum absolute atomic E-state index is 5.83. The van der Waals surface area contributed by atoms with Gasteiger partial charge in [-0.1, -0.05) is 0 Å². The second-order valence-corrected chi connectivity index (χ2v) is 6.96. The number of nitrogen functional groups attached to an aromatic ring is 1. The van der Waals surface area contributed by atoms with Crippen molar-refractivity contribution in [2.75, 3.05) is 42.8 Å². The van der Waals surface area contributed by atoms with Crippen LogP contribution in [0.2, 0.25) is 0 Å². The van der Waals surface area contributed by atoms with Gasteiger partial charge in [0.1, 0.15) is 5.82 Å². The van der Waals surface area contributed by atoms with Gasteiger partial charge in [0, 0.05) is 57.0 Å². The van der Waals surface area contributed by atoms with Gasteiger partial charge >= 0.3 is 0 Å². The molecule has 9 heteroatoms. The van der Waals surface area contributed by atoms with E-state index in [0.29, 0.717) is 24.4 Å². The monoisotopic (exact) mass is 334 g/mol. The van der Waals surface area contributed by atoms with Crippen LogP contribution in [-0.4, -0.2) is 61.8 Å². The van der Waals surface area contributed by atoms with E-state index >= 15 is 0 Å². The number of anilines is 2. The Morgan fingerprint density at radius 1 is 1.35 bits per heavy atom. The predicted molar refractivity (Wildman–Crippen MR) is 92.3 cm³/mol. The lowest BCUT2D eigenvalue weighted by molar-refractivity contribution is 0.206. The lowest BCUT2D eigenvalue weighted by Gasteiger charge is -2.34. The molecular formula is C14H22N8S. The Morgan fingerprint density at radius 3 is 2.87 bits per heavy atom. The molecule has 2 aromatic heterocycles. The minimum atomic E-state index is 0.267. The molecule has 3 rings (SSSR count). The van der Waals surface area contributed by atoms with Crippen LogP contribution in [0.3, 0.4) is 0 Å². The summed E-state index contributed by atoms with van der Waals surface area (Å²) < 4.78 is 1.85. The van der Waals surface area contributed by atoms with Crippen molar-refractivity contribution >= 4 is 23.7 Å². The summed E-state index contributed by atoms with van der Waals surface area (Å²) in [6.45, 7) is 1.65. The lowest BCUT2D eigenvalue weighted by atomic mass is 10.1. The van der Waals surface area contributed by atoms with Gasteiger partial charge in [-0.05, 0) is 0 Å². The molecule has 0 aromatic carbocycles. The summed E-state index contributed by atoms with van der Waals surface area (Å²) in [4.78, 5) is 17.2. The Labute approximate surface area is 140 Å². The number of hydrogen-bond acceptors (Lipinski definition) is 8. The fourth-order valence-corrected chi connectivity index (χ4v) is 3.78. The first-order valence-electron chi connectivity index (χ1n) is 7.51. The zero-order valence-electron chi connectivity index (χ0n) is 13.7. The average molecular weight is 334 g/mol. The number of hydrogen-bond donors (Lipinski definition) is 1. The molecular weight excluding hydrogens is 312 g/mol. The highest BCUT2D eigenvalue weighted by Gasteiger charge is 2.26. The lowest BCUT2D eigenvalue weighted by Crippen LogP contribution is -2.36. The number of nitrogens with two attached hydrogens (primary N) is 1. The Bertz CT molecular complexity index is 671. The predicted octanol–water partition coefficient (Wildman–Crippen LogP) is 0.543. The Hall–Kier alpha value is -1.87. The van der Waals surface area contributed by atoms with Crippen molar-refractivity contribution in [3.63, 3.8) is 0 Å². The second kappa shape index (κ2) is 6.71. The highest BCUT2D eigenvalue weighted by Crippen LogP contribution is 2.30. The van der Waals surface area contributed by atoms with Gasteiger partial charge in [0.2, 0.25) is 11.9 Å². The summed E-state index contributed by atoms with van der Waals surface area (Å²) in [6.07, 6.45) is 4.02. The van der Waals surface area contributed by atoms with Gasteiger partial charge in [-0.2, -0.15) is 31.8 Å². The highest BCUT2D eigenvalue weighted by atomic mass is 32.2. The van der Waals surface area contributed by atoms with E-state index in [-0.39, 0.29) is 5.95 Å². The van der Waals surface area contributed by atoms with Crippen LogP contribution in [0.5, 0.6) is 0 Å². The third-order valence-corrected chi connectivity index (χ3v) is 4.80. The van der Waals surface area contributed by atoms with Gasteiger partial charge in [0.25, 0.3) is 0 Å². The fraction of sp³-hybridized carbons (Fsp3) is 0.571. The molecule has 1 fully saturated rings. The average Bonchev–Trinajstić information content (AvgIpc) is 2.93. The van der Waals surface area contributed by atoms with Gasteiger partial charge in [-0.15, -0.1) is 0 Å².